The molecule has 0 bridgehead atoms. The van der Waals surface area contributed by atoms with Gasteiger partial charge in [-0.2, -0.15) is 0 Å². The Kier molecular flexibility index (Phi) is 9.92. The van der Waals surface area contributed by atoms with Crippen molar-refractivity contribution in [1.29, 1.82) is 0 Å². The summed E-state index contributed by atoms with van der Waals surface area (Å²) in [5.41, 5.74) is 0.385. The van der Waals surface area contributed by atoms with Gasteiger partial charge in [0.05, 0.1) is 6.26 Å². The molecule has 1 aliphatic rings. The molecule has 0 spiro atoms. The van der Waals surface area contributed by atoms with Gasteiger partial charge in [-0.25, -0.2) is 0 Å². The van der Waals surface area contributed by atoms with Crippen LogP contribution in [0.5, 0.6) is 0 Å². The van der Waals surface area contributed by atoms with Crippen LogP contribution in [0.15, 0.2) is 27.8 Å². The van der Waals surface area contributed by atoms with E-state index >= 15 is 0 Å². The maximum Gasteiger partial charge on any atom is 0.287 e. The number of amides is 1. The van der Waals surface area contributed by atoms with E-state index < -0.39 is 0 Å². The average molecular weight is 462 g/mol. The number of guanidine groups is 1. The quantitative estimate of drug-likeness (QED) is 0.240. The van der Waals surface area contributed by atoms with Gasteiger partial charge in [0.15, 0.2) is 11.7 Å². The van der Waals surface area contributed by atoms with Crippen LogP contribution in [-0.4, -0.2) is 38.0 Å². The fourth-order valence-corrected chi connectivity index (χ4v) is 3.19. The summed E-state index contributed by atoms with van der Waals surface area (Å²) in [6.07, 6.45) is 7.90. The number of hydrogen-bond acceptors (Lipinski definition) is 3. The summed E-state index contributed by atoms with van der Waals surface area (Å²) in [7, 11) is 0. The van der Waals surface area contributed by atoms with Crippen molar-refractivity contribution in [3.05, 3.63) is 24.2 Å². The first kappa shape index (κ1) is 21.8. The van der Waals surface area contributed by atoms with Gasteiger partial charge >= 0.3 is 0 Å². The molecule has 1 saturated carbocycles. The van der Waals surface area contributed by atoms with E-state index in [1.807, 2.05) is 0 Å². The molecule has 7 heteroatoms. The van der Waals surface area contributed by atoms with E-state index in [0.717, 1.165) is 19.0 Å². The maximum atomic E-state index is 11.8. The van der Waals surface area contributed by atoms with Gasteiger partial charge in [-0.15, -0.1) is 24.0 Å². The van der Waals surface area contributed by atoms with Crippen molar-refractivity contribution in [2.75, 3.05) is 26.2 Å². The van der Waals surface area contributed by atoms with Crippen molar-refractivity contribution in [2.24, 2.45) is 10.4 Å². The molecule has 2 rings (SSSR count). The second-order valence-corrected chi connectivity index (χ2v) is 6.42. The minimum atomic E-state index is -0.195. The van der Waals surface area contributed by atoms with Crippen LogP contribution in [0.4, 0.5) is 0 Å². The Labute approximate surface area is 167 Å². The van der Waals surface area contributed by atoms with Crippen LogP contribution < -0.4 is 16.0 Å². The summed E-state index contributed by atoms with van der Waals surface area (Å²) < 4.78 is 5.06. The number of carbonyl (C=O) groups excluding carboxylic acids is 1. The standard InChI is InChI=1S/C18H30N4O2.HI/c1-3-18(9-5-6-10-18)14-22-17(19-4-2)21-12-11-20-16(23)15-8-7-13-24-15;/h7-8,13H,3-6,9-12,14H2,1-2H3,(H,20,23)(H2,19,21,22);1H. The third-order valence-corrected chi connectivity index (χ3v) is 4.78. The Morgan fingerprint density at radius 3 is 2.52 bits per heavy atom. The molecule has 1 aromatic heterocycles. The van der Waals surface area contributed by atoms with Crippen molar-refractivity contribution in [1.82, 2.24) is 16.0 Å². The molecule has 1 fully saturated rings. The predicted octanol–water partition coefficient (Wildman–Crippen LogP) is 3.15. The lowest BCUT2D eigenvalue weighted by Gasteiger charge is -2.25. The van der Waals surface area contributed by atoms with E-state index in [9.17, 15) is 4.79 Å². The van der Waals surface area contributed by atoms with Crippen molar-refractivity contribution in [3.8, 4) is 0 Å². The monoisotopic (exact) mass is 462 g/mol. The Hall–Kier alpha value is -1.25. The van der Waals surface area contributed by atoms with Crippen LogP contribution in [0.2, 0.25) is 0 Å². The fraction of sp³-hybridized carbons (Fsp3) is 0.667. The molecule has 1 aromatic rings. The van der Waals surface area contributed by atoms with Crippen LogP contribution >= 0.6 is 24.0 Å². The van der Waals surface area contributed by atoms with Gasteiger partial charge < -0.3 is 20.4 Å². The van der Waals surface area contributed by atoms with Gasteiger partial charge in [0, 0.05) is 26.2 Å². The topological polar surface area (TPSA) is 78.7 Å². The Morgan fingerprint density at radius 1 is 1.20 bits per heavy atom. The number of carbonyl (C=O) groups is 1. The molecule has 142 valence electrons. The molecule has 0 radical (unpaired) electrons. The molecule has 1 aliphatic carbocycles. The largest absolute Gasteiger partial charge is 0.459 e. The number of nitrogens with one attached hydrogen (secondary N) is 3. The minimum absolute atomic E-state index is 0. The number of hydrogen-bond donors (Lipinski definition) is 3. The Morgan fingerprint density at radius 2 is 1.92 bits per heavy atom. The second kappa shape index (κ2) is 11.4. The molecule has 0 aromatic carbocycles. The van der Waals surface area contributed by atoms with Gasteiger partial charge in [0.2, 0.25) is 0 Å². The summed E-state index contributed by atoms with van der Waals surface area (Å²) in [6, 6.07) is 3.36. The van der Waals surface area contributed by atoms with E-state index in [0.29, 0.717) is 24.3 Å². The Balaban J connectivity index is 0.00000312. The lowest BCUT2D eigenvalue weighted by atomic mass is 9.84. The zero-order chi connectivity index (χ0) is 17.3. The smallest absolute Gasteiger partial charge is 0.287 e. The lowest BCUT2D eigenvalue weighted by Crippen LogP contribution is -2.42. The molecule has 0 unspecified atom stereocenters. The van der Waals surface area contributed by atoms with E-state index in [-0.39, 0.29) is 29.9 Å². The highest BCUT2D eigenvalue weighted by Gasteiger charge is 2.31. The highest BCUT2D eigenvalue weighted by atomic mass is 127. The number of halogens is 1. The SMILES string of the molecule is CCNC(=NCC1(CC)CCCC1)NCCNC(=O)c1ccco1.I. The van der Waals surface area contributed by atoms with Crippen molar-refractivity contribution in [2.45, 2.75) is 46.0 Å². The van der Waals surface area contributed by atoms with Gasteiger partial charge in [-0.05, 0) is 43.7 Å². The molecule has 0 saturated heterocycles. The van der Waals surface area contributed by atoms with E-state index in [4.69, 9.17) is 9.41 Å². The van der Waals surface area contributed by atoms with E-state index in [1.165, 1.54) is 38.4 Å². The molecular formula is C18H31IN4O2. The van der Waals surface area contributed by atoms with Crippen LogP contribution in [0.1, 0.15) is 56.5 Å². The van der Waals surface area contributed by atoms with Crippen molar-refractivity contribution < 1.29 is 9.21 Å². The fourth-order valence-electron chi connectivity index (χ4n) is 3.19. The van der Waals surface area contributed by atoms with Crippen LogP contribution in [-0.2, 0) is 0 Å². The molecule has 3 N–H and O–H groups in total. The third-order valence-electron chi connectivity index (χ3n) is 4.78. The number of aliphatic imine (C=N–C) groups is 1. The number of furan rings is 1. The molecule has 0 atom stereocenters. The molecule has 6 nitrogen and oxygen atoms in total. The van der Waals surface area contributed by atoms with Crippen LogP contribution in [0.3, 0.4) is 0 Å². The first-order chi connectivity index (χ1) is 11.7. The normalized spacial score (nSPS) is 16.2. The highest BCUT2D eigenvalue weighted by molar-refractivity contribution is 14.0. The van der Waals surface area contributed by atoms with Gasteiger partial charge in [-0.1, -0.05) is 19.8 Å². The second-order valence-electron chi connectivity index (χ2n) is 6.42. The summed E-state index contributed by atoms with van der Waals surface area (Å²) in [5.74, 6) is 0.964. The third kappa shape index (κ3) is 6.87. The zero-order valence-electron chi connectivity index (χ0n) is 15.3. The van der Waals surface area contributed by atoms with Crippen molar-refractivity contribution in [3.63, 3.8) is 0 Å². The highest BCUT2D eigenvalue weighted by Crippen LogP contribution is 2.41. The number of nitrogens with zero attached hydrogens (tertiary/aromatic N) is 1. The van der Waals surface area contributed by atoms with E-state index in [2.05, 4.69) is 29.8 Å². The van der Waals surface area contributed by atoms with Gasteiger partial charge in [0.1, 0.15) is 0 Å². The minimum Gasteiger partial charge on any atom is -0.459 e. The van der Waals surface area contributed by atoms with E-state index in [1.54, 1.807) is 12.1 Å². The first-order valence-electron chi connectivity index (χ1n) is 9.03. The lowest BCUT2D eigenvalue weighted by molar-refractivity contribution is 0.0926. The summed E-state index contributed by atoms with van der Waals surface area (Å²) in [6.45, 7) is 7.16. The summed E-state index contributed by atoms with van der Waals surface area (Å²) >= 11 is 0. The Bertz CT molecular complexity index is 525. The number of rotatable bonds is 8. The van der Waals surface area contributed by atoms with Crippen LogP contribution in [0.25, 0.3) is 0 Å². The summed E-state index contributed by atoms with van der Waals surface area (Å²) in [4.78, 5) is 16.5. The average Bonchev–Trinajstić information content (AvgIpc) is 3.28. The van der Waals surface area contributed by atoms with Crippen LogP contribution in [0, 0.1) is 5.41 Å². The van der Waals surface area contributed by atoms with Crippen molar-refractivity contribution >= 4 is 35.8 Å². The molecule has 1 amide bonds. The first-order valence-corrected chi connectivity index (χ1v) is 9.03. The van der Waals surface area contributed by atoms with Gasteiger partial charge in [-0.3, -0.25) is 9.79 Å². The molecule has 1 heterocycles. The molecule has 0 aliphatic heterocycles. The maximum absolute atomic E-state index is 11.8. The molecule has 25 heavy (non-hydrogen) atoms. The molecular weight excluding hydrogens is 431 g/mol. The predicted molar refractivity (Wildman–Crippen MR) is 112 cm³/mol. The summed E-state index contributed by atoms with van der Waals surface area (Å²) in [5, 5.41) is 9.37. The zero-order valence-corrected chi connectivity index (χ0v) is 17.6. The van der Waals surface area contributed by atoms with Gasteiger partial charge in [0.25, 0.3) is 5.91 Å².